The van der Waals surface area contributed by atoms with Crippen molar-refractivity contribution >= 4 is 0 Å². The normalized spacial score (nSPS) is 14.7. The van der Waals surface area contributed by atoms with Gasteiger partial charge in [-0.2, -0.15) is 0 Å². The third kappa shape index (κ3) is 3.77. The van der Waals surface area contributed by atoms with Crippen molar-refractivity contribution in [1.29, 1.82) is 0 Å². The Morgan fingerprint density at radius 1 is 1.39 bits per heavy atom. The van der Waals surface area contributed by atoms with E-state index in [-0.39, 0.29) is 5.54 Å². The zero-order valence-electron chi connectivity index (χ0n) is 11.7. The number of methoxy groups -OCH3 is 1. The van der Waals surface area contributed by atoms with E-state index in [2.05, 4.69) is 36.0 Å². The Hall–Kier alpha value is -0.970. The van der Waals surface area contributed by atoms with E-state index in [4.69, 9.17) is 10.5 Å². The quantitative estimate of drug-likeness (QED) is 0.757. The molecule has 18 heavy (non-hydrogen) atoms. The van der Waals surface area contributed by atoms with Gasteiger partial charge in [-0.15, -0.1) is 0 Å². The van der Waals surface area contributed by atoms with Crippen LogP contribution >= 0.6 is 0 Å². The molecule has 0 saturated carbocycles. The molecule has 1 aromatic rings. The zero-order valence-corrected chi connectivity index (χ0v) is 11.7. The molecule has 102 valence electrons. The Bertz CT molecular complexity index is 325. The Kier molecular flexibility index (Phi) is 6.25. The minimum absolute atomic E-state index is 0.0538. The highest BCUT2D eigenvalue weighted by Crippen LogP contribution is 2.18. The van der Waals surface area contributed by atoms with Gasteiger partial charge in [-0.1, -0.05) is 6.92 Å². The van der Waals surface area contributed by atoms with E-state index in [0.29, 0.717) is 13.2 Å². The summed E-state index contributed by atoms with van der Waals surface area (Å²) in [6, 6.07) is 4.11. The predicted molar refractivity (Wildman–Crippen MR) is 74.5 cm³/mol. The molecule has 0 aliphatic heterocycles. The van der Waals surface area contributed by atoms with E-state index in [1.807, 2.05) is 12.4 Å². The third-order valence-electron chi connectivity index (χ3n) is 3.75. The second-order valence-electron chi connectivity index (χ2n) is 4.74. The van der Waals surface area contributed by atoms with Gasteiger partial charge in [0.2, 0.25) is 0 Å². The van der Waals surface area contributed by atoms with E-state index < -0.39 is 0 Å². The molecular weight excluding hydrogens is 226 g/mol. The fourth-order valence-corrected chi connectivity index (χ4v) is 2.19. The van der Waals surface area contributed by atoms with Gasteiger partial charge in [0.25, 0.3) is 0 Å². The summed E-state index contributed by atoms with van der Waals surface area (Å²) < 4.78 is 5.33. The molecular formula is C14H25N3O. The molecule has 2 N–H and O–H groups in total. The number of nitrogens with zero attached hydrogens (tertiary/aromatic N) is 2. The van der Waals surface area contributed by atoms with E-state index in [9.17, 15) is 0 Å². The number of aromatic nitrogens is 1. The van der Waals surface area contributed by atoms with Crippen molar-refractivity contribution in [2.24, 2.45) is 5.73 Å². The molecule has 1 heterocycles. The van der Waals surface area contributed by atoms with Crippen molar-refractivity contribution in [3.8, 4) is 0 Å². The molecule has 0 radical (unpaired) electrons. The summed E-state index contributed by atoms with van der Waals surface area (Å²) in [5, 5.41) is 0. The van der Waals surface area contributed by atoms with Crippen LogP contribution in [0.1, 0.15) is 18.9 Å². The van der Waals surface area contributed by atoms with Crippen LogP contribution in [0.4, 0.5) is 0 Å². The lowest BCUT2D eigenvalue weighted by atomic mass is 9.95. The van der Waals surface area contributed by atoms with Crippen LogP contribution in [-0.2, 0) is 11.2 Å². The summed E-state index contributed by atoms with van der Waals surface area (Å²) in [5.41, 5.74) is 7.19. The van der Waals surface area contributed by atoms with E-state index >= 15 is 0 Å². The Morgan fingerprint density at radius 3 is 2.56 bits per heavy atom. The number of pyridine rings is 1. The first-order valence-electron chi connectivity index (χ1n) is 6.47. The first-order valence-corrected chi connectivity index (χ1v) is 6.47. The molecule has 1 unspecified atom stereocenters. The molecule has 4 nitrogen and oxygen atoms in total. The van der Waals surface area contributed by atoms with Crippen LogP contribution in [0, 0.1) is 0 Å². The van der Waals surface area contributed by atoms with Crippen molar-refractivity contribution < 1.29 is 4.74 Å². The van der Waals surface area contributed by atoms with E-state index in [1.165, 1.54) is 5.56 Å². The lowest BCUT2D eigenvalue weighted by Gasteiger charge is -2.40. The molecule has 0 fully saturated rings. The van der Waals surface area contributed by atoms with Crippen LogP contribution in [0.25, 0.3) is 0 Å². The number of rotatable bonds is 8. The number of ether oxygens (including phenoxy) is 1. The van der Waals surface area contributed by atoms with Crippen LogP contribution in [0.2, 0.25) is 0 Å². The van der Waals surface area contributed by atoms with Crippen LogP contribution in [-0.4, -0.2) is 49.3 Å². The second-order valence-corrected chi connectivity index (χ2v) is 4.74. The Morgan fingerprint density at radius 2 is 2.06 bits per heavy atom. The topological polar surface area (TPSA) is 51.4 Å². The SMILES string of the molecule is CCC(CN)(COC)N(C)CCc1ccncc1. The number of hydrogen-bond acceptors (Lipinski definition) is 4. The van der Waals surface area contributed by atoms with Crippen LogP contribution in [0.15, 0.2) is 24.5 Å². The van der Waals surface area contributed by atoms with Gasteiger partial charge < -0.3 is 10.5 Å². The molecule has 4 heteroatoms. The fraction of sp³-hybridized carbons (Fsp3) is 0.643. The lowest BCUT2D eigenvalue weighted by Crippen LogP contribution is -2.55. The molecule has 0 bridgehead atoms. The second kappa shape index (κ2) is 7.46. The van der Waals surface area contributed by atoms with Gasteiger partial charge >= 0.3 is 0 Å². The monoisotopic (exact) mass is 251 g/mol. The average molecular weight is 251 g/mol. The first kappa shape index (κ1) is 15.1. The van der Waals surface area contributed by atoms with Crippen molar-refractivity contribution in [3.05, 3.63) is 30.1 Å². The summed E-state index contributed by atoms with van der Waals surface area (Å²) in [4.78, 5) is 6.35. The molecule has 0 aliphatic rings. The summed E-state index contributed by atoms with van der Waals surface area (Å²) in [6.07, 6.45) is 5.66. The van der Waals surface area contributed by atoms with E-state index in [0.717, 1.165) is 19.4 Å². The minimum Gasteiger partial charge on any atom is -0.383 e. The largest absolute Gasteiger partial charge is 0.383 e. The third-order valence-corrected chi connectivity index (χ3v) is 3.75. The molecule has 0 amide bonds. The van der Waals surface area contributed by atoms with E-state index in [1.54, 1.807) is 7.11 Å². The number of likely N-dealkylation sites (N-methyl/N-ethyl adjacent to an activating group) is 1. The molecule has 1 atom stereocenters. The van der Waals surface area contributed by atoms with Gasteiger partial charge in [0.15, 0.2) is 0 Å². The Balaban J connectivity index is 2.59. The maximum Gasteiger partial charge on any atom is 0.0658 e. The van der Waals surface area contributed by atoms with Crippen LogP contribution < -0.4 is 5.73 Å². The van der Waals surface area contributed by atoms with Gasteiger partial charge in [-0.3, -0.25) is 9.88 Å². The zero-order chi connectivity index (χ0) is 13.4. The summed E-state index contributed by atoms with van der Waals surface area (Å²) in [6.45, 7) is 4.42. The first-order chi connectivity index (χ1) is 8.68. The van der Waals surface area contributed by atoms with Crippen LogP contribution in [0.5, 0.6) is 0 Å². The van der Waals surface area contributed by atoms with Crippen molar-refractivity contribution in [2.45, 2.75) is 25.3 Å². The van der Waals surface area contributed by atoms with Gasteiger partial charge in [0, 0.05) is 32.6 Å². The van der Waals surface area contributed by atoms with Crippen molar-refractivity contribution in [2.75, 3.05) is 33.9 Å². The maximum absolute atomic E-state index is 5.94. The summed E-state index contributed by atoms with van der Waals surface area (Å²) in [7, 11) is 3.85. The van der Waals surface area contributed by atoms with Crippen molar-refractivity contribution in [1.82, 2.24) is 9.88 Å². The number of hydrogen-bond donors (Lipinski definition) is 1. The van der Waals surface area contributed by atoms with Gasteiger partial charge in [-0.25, -0.2) is 0 Å². The van der Waals surface area contributed by atoms with Gasteiger partial charge in [0.1, 0.15) is 0 Å². The van der Waals surface area contributed by atoms with Crippen LogP contribution in [0.3, 0.4) is 0 Å². The fourth-order valence-electron chi connectivity index (χ4n) is 2.19. The highest BCUT2D eigenvalue weighted by atomic mass is 16.5. The minimum atomic E-state index is -0.0538. The molecule has 1 aromatic heterocycles. The summed E-state index contributed by atoms with van der Waals surface area (Å²) in [5.74, 6) is 0. The average Bonchev–Trinajstić information content (AvgIpc) is 2.43. The summed E-state index contributed by atoms with van der Waals surface area (Å²) >= 11 is 0. The highest BCUT2D eigenvalue weighted by molar-refractivity contribution is 5.10. The highest BCUT2D eigenvalue weighted by Gasteiger charge is 2.31. The molecule has 0 aromatic carbocycles. The maximum atomic E-state index is 5.94. The van der Waals surface area contributed by atoms with Gasteiger partial charge in [-0.05, 0) is 37.6 Å². The lowest BCUT2D eigenvalue weighted by molar-refractivity contribution is 0.0287. The molecule has 0 saturated heterocycles. The molecule has 0 spiro atoms. The Labute approximate surface area is 110 Å². The molecule has 0 aliphatic carbocycles. The smallest absolute Gasteiger partial charge is 0.0658 e. The van der Waals surface area contributed by atoms with Crippen molar-refractivity contribution in [3.63, 3.8) is 0 Å². The van der Waals surface area contributed by atoms with Gasteiger partial charge in [0.05, 0.1) is 12.1 Å². The predicted octanol–water partition coefficient (Wildman–Crippen LogP) is 1.31. The molecule has 1 rings (SSSR count). The standard InChI is InChI=1S/C14H25N3O/c1-4-14(11-15,12-18-3)17(2)10-7-13-5-8-16-9-6-13/h5-6,8-9H,4,7,10-12,15H2,1-3H3. The number of nitrogens with two attached hydrogens (primary N) is 1.